The fraction of sp³-hybridized carbons (Fsp3) is 0.600. The Morgan fingerprint density at radius 1 is 1.10 bits per heavy atom. The summed E-state index contributed by atoms with van der Waals surface area (Å²) in [4.78, 5) is 0.154. The van der Waals surface area contributed by atoms with Gasteiger partial charge in [-0.25, -0.2) is 8.42 Å². The minimum atomic E-state index is -3.45. The summed E-state index contributed by atoms with van der Waals surface area (Å²) in [6.45, 7) is 0. The lowest BCUT2D eigenvalue weighted by molar-refractivity contribution is 0.327. The highest BCUT2D eigenvalue weighted by Crippen LogP contribution is 2.40. The van der Waals surface area contributed by atoms with Gasteiger partial charge in [-0.2, -0.15) is 0 Å². The first-order valence-electron chi connectivity index (χ1n) is 7.12. The molecule has 1 aliphatic carbocycles. The Morgan fingerprint density at radius 3 is 2.29 bits per heavy atom. The van der Waals surface area contributed by atoms with Crippen LogP contribution < -0.4 is 0 Å². The van der Waals surface area contributed by atoms with Crippen molar-refractivity contribution in [2.24, 2.45) is 5.41 Å². The molecule has 0 radical (unpaired) electrons. The van der Waals surface area contributed by atoms with Crippen LogP contribution in [0, 0.1) is 5.41 Å². The minimum absolute atomic E-state index is 0.130. The third-order valence-corrected chi connectivity index (χ3v) is 8.04. The second-order valence-corrected chi connectivity index (χ2v) is 9.24. The summed E-state index contributed by atoms with van der Waals surface area (Å²) in [6, 6.07) is 4.61. The molecule has 21 heavy (non-hydrogen) atoms. The molecule has 6 heteroatoms. The molecule has 1 fully saturated rings. The van der Waals surface area contributed by atoms with Crippen molar-refractivity contribution < 1.29 is 8.42 Å². The Balaban J connectivity index is 2.32. The Kier molecular flexibility index (Phi) is 6.03. The molecule has 0 aliphatic heterocycles. The number of hydrogen-bond donors (Lipinski definition) is 0. The molecule has 0 atom stereocenters. The Bertz CT molecular complexity index is 594. The highest BCUT2D eigenvalue weighted by molar-refractivity contribution is 9.09. The van der Waals surface area contributed by atoms with Crippen molar-refractivity contribution in [2.45, 2.75) is 43.4 Å². The molecule has 1 aliphatic rings. The van der Waals surface area contributed by atoms with E-state index in [0.29, 0.717) is 10.4 Å². The van der Waals surface area contributed by atoms with E-state index < -0.39 is 9.84 Å². The van der Waals surface area contributed by atoms with Crippen LogP contribution in [0.15, 0.2) is 23.1 Å². The van der Waals surface area contributed by atoms with Crippen LogP contribution in [-0.4, -0.2) is 19.5 Å². The molecular weight excluding hydrogens is 395 g/mol. The van der Waals surface area contributed by atoms with E-state index in [1.807, 2.05) is 0 Å². The SMILES string of the molecule is O=S(=O)(CC1(CBr)CCCCCC1)c1cc(Cl)ccc1Cl. The van der Waals surface area contributed by atoms with Crippen molar-refractivity contribution in [1.82, 2.24) is 0 Å². The first-order valence-corrected chi connectivity index (χ1v) is 10.7. The van der Waals surface area contributed by atoms with Gasteiger partial charge in [-0.15, -0.1) is 0 Å². The third-order valence-electron chi connectivity index (χ3n) is 4.17. The molecule has 118 valence electrons. The fourth-order valence-electron chi connectivity index (χ4n) is 2.99. The highest BCUT2D eigenvalue weighted by atomic mass is 79.9. The van der Waals surface area contributed by atoms with Gasteiger partial charge in [0.1, 0.15) is 0 Å². The standard InChI is InChI=1S/C15H19BrCl2O2S/c16-10-15(7-3-1-2-4-8-15)11-21(19,20)14-9-12(17)5-6-13(14)18/h5-6,9H,1-4,7-8,10-11H2. The molecule has 0 amide bonds. The van der Waals surface area contributed by atoms with Crippen molar-refractivity contribution in [1.29, 1.82) is 0 Å². The summed E-state index contributed by atoms with van der Waals surface area (Å²) in [5.41, 5.74) is -0.193. The van der Waals surface area contributed by atoms with Gasteiger partial charge in [0.25, 0.3) is 0 Å². The largest absolute Gasteiger partial charge is 0.224 e. The number of rotatable bonds is 4. The Morgan fingerprint density at radius 2 is 1.71 bits per heavy atom. The molecule has 0 spiro atoms. The van der Waals surface area contributed by atoms with E-state index in [1.165, 1.54) is 18.9 Å². The quantitative estimate of drug-likeness (QED) is 0.482. The summed E-state index contributed by atoms with van der Waals surface area (Å²) in [6.07, 6.45) is 6.43. The summed E-state index contributed by atoms with van der Waals surface area (Å²) in [5, 5.41) is 1.35. The average molecular weight is 414 g/mol. The van der Waals surface area contributed by atoms with E-state index in [9.17, 15) is 8.42 Å². The first kappa shape index (κ1) is 17.6. The lowest BCUT2D eigenvalue weighted by Gasteiger charge is -2.30. The zero-order valence-electron chi connectivity index (χ0n) is 11.7. The molecular formula is C15H19BrCl2O2S. The number of halogens is 3. The Labute approximate surface area is 145 Å². The van der Waals surface area contributed by atoms with Crippen molar-refractivity contribution in [3.05, 3.63) is 28.2 Å². The predicted molar refractivity (Wildman–Crippen MR) is 92.4 cm³/mol. The maximum atomic E-state index is 12.8. The van der Waals surface area contributed by atoms with Crippen LogP contribution in [-0.2, 0) is 9.84 Å². The molecule has 1 aromatic carbocycles. The van der Waals surface area contributed by atoms with Gasteiger partial charge >= 0.3 is 0 Å². The fourth-order valence-corrected chi connectivity index (χ4v) is 6.74. The smallest absolute Gasteiger partial charge is 0.180 e. The lowest BCUT2D eigenvalue weighted by Crippen LogP contribution is -2.31. The normalized spacial score (nSPS) is 19.2. The molecule has 0 heterocycles. The summed E-state index contributed by atoms with van der Waals surface area (Å²) in [5.74, 6) is 0.130. The van der Waals surface area contributed by atoms with Crippen LogP contribution in [0.3, 0.4) is 0 Å². The molecule has 0 saturated heterocycles. The van der Waals surface area contributed by atoms with Gasteiger partial charge in [-0.1, -0.05) is 64.8 Å². The molecule has 0 N–H and O–H groups in total. The average Bonchev–Trinajstić information content (AvgIpc) is 2.67. The molecule has 0 bridgehead atoms. The van der Waals surface area contributed by atoms with Gasteiger partial charge in [-0.3, -0.25) is 0 Å². The van der Waals surface area contributed by atoms with E-state index in [-0.39, 0.29) is 21.1 Å². The number of benzene rings is 1. The monoisotopic (exact) mass is 412 g/mol. The van der Waals surface area contributed by atoms with E-state index in [2.05, 4.69) is 15.9 Å². The van der Waals surface area contributed by atoms with E-state index in [1.54, 1.807) is 12.1 Å². The molecule has 0 aromatic heterocycles. The van der Waals surface area contributed by atoms with Crippen LogP contribution in [0.25, 0.3) is 0 Å². The second kappa shape index (κ2) is 7.20. The van der Waals surface area contributed by atoms with Crippen molar-refractivity contribution in [2.75, 3.05) is 11.1 Å². The summed E-state index contributed by atoms with van der Waals surface area (Å²) in [7, 11) is -3.45. The van der Waals surface area contributed by atoms with Gasteiger partial charge in [0.15, 0.2) is 9.84 Å². The van der Waals surface area contributed by atoms with Crippen LogP contribution in [0.2, 0.25) is 10.0 Å². The maximum Gasteiger partial charge on any atom is 0.180 e. The summed E-state index contributed by atoms with van der Waals surface area (Å²) >= 11 is 15.5. The zero-order chi connectivity index (χ0) is 15.5. The topological polar surface area (TPSA) is 34.1 Å². The van der Waals surface area contributed by atoms with Gasteiger partial charge in [0.05, 0.1) is 15.7 Å². The van der Waals surface area contributed by atoms with Gasteiger partial charge in [0, 0.05) is 10.4 Å². The van der Waals surface area contributed by atoms with Crippen molar-refractivity contribution >= 4 is 49.0 Å². The lowest BCUT2D eigenvalue weighted by atomic mass is 9.85. The predicted octanol–water partition coefficient (Wildman–Crippen LogP) is 5.50. The highest BCUT2D eigenvalue weighted by Gasteiger charge is 2.36. The second-order valence-electron chi connectivity index (χ2n) is 5.88. The molecule has 1 saturated carbocycles. The van der Waals surface area contributed by atoms with Crippen LogP contribution in [0.4, 0.5) is 0 Å². The minimum Gasteiger partial charge on any atom is -0.224 e. The number of hydrogen-bond acceptors (Lipinski definition) is 2. The number of sulfone groups is 1. The molecule has 2 rings (SSSR count). The van der Waals surface area contributed by atoms with E-state index >= 15 is 0 Å². The van der Waals surface area contributed by atoms with Gasteiger partial charge in [0.2, 0.25) is 0 Å². The number of alkyl halides is 1. The first-order chi connectivity index (χ1) is 9.88. The Hall–Kier alpha value is 0.230. The molecule has 1 aromatic rings. The van der Waals surface area contributed by atoms with Gasteiger partial charge < -0.3 is 0 Å². The van der Waals surface area contributed by atoms with Crippen molar-refractivity contribution in [3.63, 3.8) is 0 Å². The maximum absolute atomic E-state index is 12.8. The van der Waals surface area contributed by atoms with Crippen molar-refractivity contribution in [3.8, 4) is 0 Å². The van der Waals surface area contributed by atoms with Gasteiger partial charge in [-0.05, 0) is 36.5 Å². The van der Waals surface area contributed by atoms with Crippen LogP contribution in [0.5, 0.6) is 0 Å². The van der Waals surface area contributed by atoms with Crippen LogP contribution >= 0.6 is 39.1 Å². The van der Waals surface area contributed by atoms with Crippen LogP contribution in [0.1, 0.15) is 38.5 Å². The third kappa shape index (κ3) is 4.37. The molecule has 2 nitrogen and oxygen atoms in total. The molecule has 0 unspecified atom stereocenters. The summed E-state index contributed by atoms with van der Waals surface area (Å²) < 4.78 is 25.6. The van der Waals surface area contributed by atoms with E-state index in [0.717, 1.165) is 25.7 Å². The zero-order valence-corrected chi connectivity index (χ0v) is 15.7. The van der Waals surface area contributed by atoms with E-state index in [4.69, 9.17) is 23.2 Å².